The van der Waals surface area contributed by atoms with Gasteiger partial charge in [-0.3, -0.25) is 0 Å². The van der Waals surface area contributed by atoms with Crippen molar-refractivity contribution in [2.24, 2.45) is 0 Å². The van der Waals surface area contributed by atoms with Crippen LogP contribution in [0.2, 0.25) is 0 Å². The van der Waals surface area contributed by atoms with Crippen LogP contribution in [0.1, 0.15) is 41.3 Å². The van der Waals surface area contributed by atoms with Crippen LogP contribution in [0.15, 0.2) is 17.6 Å². The van der Waals surface area contributed by atoms with Crippen LogP contribution in [0.4, 0.5) is 5.82 Å². The molecule has 0 saturated carbocycles. The van der Waals surface area contributed by atoms with Gasteiger partial charge in [0.2, 0.25) is 0 Å². The van der Waals surface area contributed by atoms with Gasteiger partial charge in [0.25, 0.3) is 0 Å². The molecule has 2 aromatic heterocycles. The third-order valence-electron chi connectivity index (χ3n) is 3.75. The molecule has 126 valence electrons. The molecule has 1 aliphatic rings. The van der Waals surface area contributed by atoms with Crippen molar-refractivity contribution in [3.05, 3.63) is 35.0 Å². The maximum Gasteiger partial charge on any atom is 0.343 e. The topological polar surface area (TPSA) is 81.1 Å². The number of ether oxygens (including phenoxy) is 1. The van der Waals surface area contributed by atoms with Gasteiger partial charge < -0.3 is 9.64 Å². The maximum atomic E-state index is 12.2. The first kappa shape index (κ1) is 16.6. The van der Waals surface area contributed by atoms with Crippen molar-refractivity contribution in [3.63, 3.8) is 0 Å². The lowest BCUT2D eigenvalue weighted by atomic mass is 10.3. The van der Waals surface area contributed by atoms with E-state index in [0.717, 1.165) is 23.5 Å². The predicted octanol–water partition coefficient (Wildman–Crippen LogP) is 2.25. The summed E-state index contributed by atoms with van der Waals surface area (Å²) in [5.41, 5.74) is 2.43. The number of anilines is 1. The molecule has 0 bridgehead atoms. The van der Waals surface area contributed by atoms with Crippen LogP contribution in [-0.4, -0.2) is 38.8 Å². The molecule has 0 fully saturated rings. The number of carbonyl (C=O) groups is 1. The number of carbonyl (C=O) groups excluding carboxylic acids is 1. The monoisotopic (exact) mass is 345 g/mol. The SMILES string of the molecule is CCOC(=O)c1cnc(SC)nc1N1Cc2cnc(CC)nc2C1. The molecule has 7 nitrogen and oxygen atoms in total. The number of thioether (sulfide) groups is 1. The molecule has 0 aliphatic carbocycles. The van der Waals surface area contributed by atoms with Crippen LogP contribution in [0.3, 0.4) is 0 Å². The number of aryl methyl sites for hydroxylation is 1. The predicted molar refractivity (Wildman–Crippen MR) is 91.1 cm³/mol. The molecule has 0 spiro atoms. The third kappa shape index (κ3) is 3.19. The Bertz CT molecular complexity index is 768. The van der Waals surface area contributed by atoms with E-state index >= 15 is 0 Å². The minimum Gasteiger partial charge on any atom is -0.462 e. The molecule has 0 saturated heterocycles. The quantitative estimate of drug-likeness (QED) is 0.464. The second kappa shape index (κ2) is 7.12. The van der Waals surface area contributed by atoms with Gasteiger partial charge in [0.1, 0.15) is 17.2 Å². The summed E-state index contributed by atoms with van der Waals surface area (Å²) < 4.78 is 5.13. The zero-order valence-electron chi connectivity index (χ0n) is 13.9. The molecular formula is C16H19N5O2S. The normalized spacial score (nSPS) is 13.0. The lowest BCUT2D eigenvalue weighted by Crippen LogP contribution is -2.21. The molecule has 3 heterocycles. The Hall–Kier alpha value is -2.22. The highest BCUT2D eigenvalue weighted by Crippen LogP contribution is 2.29. The van der Waals surface area contributed by atoms with E-state index < -0.39 is 5.97 Å². The largest absolute Gasteiger partial charge is 0.462 e. The van der Waals surface area contributed by atoms with E-state index in [4.69, 9.17) is 4.74 Å². The summed E-state index contributed by atoms with van der Waals surface area (Å²) in [7, 11) is 0. The minimum atomic E-state index is -0.406. The summed E-state index contributed by atoms with van der Waals surface area (Å²) in [5, 5.41) is 0.620. The highest BCUT2D eigenvalue weighted by Gasteiger charge is 2.27. The van der Waals surface area contributed by atoms with E-state index in [1.807, 2.05) is 24.3 Å². The van der Waals surface area contributed by atoms with E-state index in [2.05, 4.69) is 19.9 Å². The first-order valence-corrected chi connectivity index (χ1v) is 9.05. The lowest BCUT2D eigenvalue weighted by Gasteiger charge is -2.19. The molecule has 8 heteroatoms. The van der Waals surface area contributed by atoms with Gasteiger partial charge in [-0.25, -0.2) is 24.7 Å². The Labute approximate surface area is 144 Å². The number of hydrogen-bond donors (Lipinski definition) is 0. The van der Waals surface area contributed by atoms with E-state index in [1.54, 1.807) is 6.92 Å². The zero-order valence-corrected chi connectivity index (χ0v) is 14.8. The summed E-state index contributed by atoms with van der Waals surface area (Å²) in [5.74, 6) is 1.01. The second-order valence-corrected chi connectivity index (χ2v) is 6.06. The average Bonchev–Trinajstić information content (AvgIpc) is 3.04. The Morgan fingerprint density at radius 2 is 2.08 bits per heavy atom. The molecule has 2 aromatic rings. The molecular weight excluding hydrogens is 326 g/mol. The number of rotatable bonds is 5. The maximum absolute atomic E-state index is 12.2. The van der Waals surface area contributed by atoms with Crippen molar-refractivity contribution in [3.8, 4) is 0 Å². The fourth-order valence-corrected chi connectivity index (χ4v) is 2.90. The summed E-state index contributed by atoms with van der Waals surface area (Å²) in [6, 6.07) is 0. The second-order valence-electron chi connectivity index (χ2n) is 5.28. The van der Waals surface area contributed by atoms with Gasteiger partial charge in [0.15, 0.2) is 5.16 Å². The highest BCUT2D eigenvalue weighted by molar-refractivity contribution is 7.98. The first-order valence-electron chi connectivity index (χ1n) is 7.83. The number of aromatic nitrogens is 4. The minimum absolute atomic E-state index is 0.314. The van der Waals surface area contributed by atoms with E-state index in [9.17, 15) is 4.79 Å². The molecule has 24 heavy (non-hydrogen) atoms. The van der Waals surface area contributed by atoms with Gasteiger partial charge in [0, 0.05) is 30.9 Å². The summed E-state index contributed by atoms with van der Waals surface area (Å²) in [6.45, 7) is 5.34. The molecule has 0 N–H and O–H groups in total. The molecule has 0 radical (unpaired) electrons. The van der Waals surface area contributed by atoms with Gasteiger partial charge in [-0.1, -0.05) is 18.7 Å². The van der Waals surface area contributed by atoms with E-state index in [-0.39, 0.29) is 0 Å². The van der Waals surface area contributed by atoms with Crippen molar-refractivity contribution in [1.82, 2.24) is 19.9 Å². The van der Waals surface area contributed by atoms with Gasteiger partial charge in [0.05, 0.1) is 18.8 Å². The van der Waals surface area contributed by atoms with Crippen molar-refractivity contribution in [2.45, 2.75) is 38.5 Å². The van der Waals surface area contributed by atoms with Crippen molar-refractivity contribution >= 4 is 23.5 Å². The summed E-state index contributed by atoms with van der Waals surface area (Å²) in [4.78, 5) is 31.9. The fourth-order valence-electron chi connectivity index (χ4n) is 2.56. The third-order valence-corrected chi connectivity index (χ3v) is 4.31. The van der Waals surface area contributed by atoms with Crippen LogP contribution in [0.5, 0.6) is 0 Å². The summed E-state index contributed by atoms with van der Waals surface area (Å²) >= 11 is 1.44. The highest BCUT2D eigenvalue weighted by atomic mass is 32.2. The number of hydrogen-bond acceptors (Lipinski definition) is 8. The molecule has 0 unspecified atom stereocenters. The van der Waals surface area contributed by atoms with Gasteiger partial charge in [-0.05, 0) is 13.2 Å². The number of esters is 1. The molecule has 3 rings (SSSR count). The fraction of sp³-hybridized carbons (Fsp3) is 0.438. The van der Waals surface area contributed by atoms with E-state index in [0.29, 0.717) is 36.2 Å². The van der Waals surface area contributed by atoms with Crippen molar-refractivity contribution in [2.75, 3.05) is 17.8 Å². The van der Waals surface area contributed by atoms with Crippen LogP contribution >= 0.6 is 11.8 Å². The average molecular weight is 345 g/mol. The van der Waals surface area contributed by atoms with Crippen molar-refractivity contribution in [1.29, 1.82) is 0 Å². The van der Waals surface area contributed by atoms with Crippen molar-refractivity contribution < 1.29 is 9.53 Å². The molecule has 0 aromatic carbocycles. The molecule has 0 atom stereocenters. The van der Waals surface area contributed by atoms with Crippen LogP contribution in [0.25, 0.3) is 0 Å². The first-order chi connectivity index (χ1) is 11.7. The number of nitrogens with zero attached hydrogens (tertiary/aromatic N) is 5. The summed E-state index contributed by atoms with van der Waals surface area (Å²) in [6.07, 6.45) is 6.10. The van der Waals surface area contributed by atoms with Crippen LogP contribution < -0.4 is 4.90 Å². The Morgan fingerprint density at radius 1 is 1.25 bits per heavy atom. The number of fused-ring (bicyclic) bond motifs is 1. The Kier molecular flexibility index (Phi) is 4.94. The van der Waals surface area contributed by atoms with Crippen LogP contribution in [0, 0.1) is 0 Å². The molecule has 0 amide bonds. The Balaban J connectivity index is 1.95. The zero-order chi connectivity index (χ0) is 17.1. The standard InChI is InChI=1S/C16H19N5O2S/c1-4-13-17-6-10-8-21(9-12(10)19-13)14-11(15(22)23-5-2)7-18-16(20-14)24-3/h6-7H,4-5,8-9H2,1-3H3. The lowest BCUT2D eigenvalue weighted by molar-refractivity contribution is 0.0526. The Morgan fingerprint density at radius 3 is 2.79 bits per heavy atom. The van der Waals surface area contributed by atoms with E-state index in [1.165, 1.54) is 18.0 Å². The van der Waals surface area contributed by atoms with Gasteiger partial charge in [-0.2, -0.15) is 0 Å². The van der Waals surface area contributed by atoms with Gasteiger partial charge >= 0.3 is 5.97 Å². The van der Waals surface area contributed by atoms with Gasteiger partial charge in [-0.15, -0.1) is 0 Å². The smallest absolute Gasteiger partial charge is 0.343 e. The van der Waals surface area contributed by atoms with Crippen LogP contribution in [-0.2, 0) is 24.2 Å². The molecule has 1 aliphatic heterocycles.